The zero-order valence-electron chi connectivity index (χ0n) is 31.1. The third-order valence-corrected chi connectivity index (χ3v) is 12.2. The Hall–Kier alpha value is -3.87. The van der Waals surface area contributed by atoms with Gasteiger partial charge in [-0.25, -0.2) is 9.78 Å². The highest BCUT2D eigenvalue weighted by atomic mass is 16.5. The number of morpholine rings is 1. The maximum atomic E-state index is 13.7. The number of likely N-dealkylation sites (N-methyl/N-ethyl adjacent to an activating group) is 1. The normalized spacial score (nSPS) is 30.8. The molecular weight excluding hydrogens is 656 g/mol. The van der Waals surface area contributed by atoms with Crippen LogP contribution in [0.1, 0.15) is 50.7 Å². The number of aliphatic hydroxyl groups excluding tert-OH is 2. The van der Waals surface area contributed by atoms with E-state index < -0.39 is 23.5 Å². The molecule has 1 aromatic heterocycles. The van der Waals surface area contributed by atoms with Gasteiger partial charge < -0.3 is 35.2 Å². The molecule has 6 rings (SSSR count). The summed E-state index contributed by atoms with van der Waals surface area (Å²) < 4.78 is 11.6. The number of cyclic esters (lactones) is 1. The predicted molar refractivity (Wildman–Crippen MR) is 204 cm³/mol. The van der Waals surface area contributed by atoms with Gasteiger partial charge in [0.15, 0.2) is 0 Å². The second-order valence-electron chi connectivity index (χ2n) is 15.7. The van der Waals surface area contributed by atoms with Crippen LogP contribution in [-0.2, 0) is 14.3 Å². The number of ether oxygens (including phenoxy) is 2. The van der Waals surface area contributed by atoms with E-state index in [-0.39, 0.29) is 29.9 Å². The number of nitrogens with one attached hydrogen (secondary N) is 3. The van der Waals surface area contributed by atoms with Crippen molar-refractivity contribution in [2.75, 3.05) is 65.4 Å². The summed E-state index contributed by atoms with van der Waals surface area (Å²) >= 11 is 0. The minimum atomic E-state index is -0.668. The van der Waals surface area contributed by atoms with Crippen LogP contribution in [0.4, 0.5) is 5.82 Å². The van der Waals surface area contributed by atoms with Crippen molar-refractivity contribution >= 4 is 23.7 Å². The number of fused-ring (bicyclic) bond motifs is 1. The molecule has 4 aliphatic rings. The molecule has 7 atom stereocenters. The summed E-state index contributed by atoms with van der Waals surface area (Å²) in [5, 5.41) is 37.3. The number of rotatable bonds is 12. The Bertz CT molecular complexity index is 1660. The second kappa shape index (κ2) is 16.0. The molecule has 3 heterocycles. The van der Waals surface area contributed by atoms with E-state index in [1.54, 1.807) is 6.20 Å². The van der Waals surface area contributed by atoms with Gasteiger partial charge in [0, 0.05) is 49.4 Å². The van der Waals surface area contributed by atoms with Gasteiger partial charge in [-0.15, -0.1) is 0 Å². The quantitative estimate of drug-likeness (QED) is 0.0936. The van der Waals surface area contributed by atoms with Crippen LogP contribution < -0.4 is 10.6 Å². The van der Waals surface area contributed by atoms with Gasteiger partial charge in [0.1, 0.15) is 17.4 Å². The van der Waals surface area contributed by atoms with E-state index in [1.165, 1.54) is 0 Å². The summed E-state index contributed by atoms with van der Waals surface area (Å²) in [4.78, 5) is 22.8. The second-order valence-corrected chi connectivity index (χ2v) is 15.7. The van der Waals surface area contributed by atoms with Crippen molar-refractivity contribution in [3.05, 3.63) is 89.3 Å². The molecule has 0 amide bonds. The topological polar surface area (TPSA) is 143 Å². The number of amidine groups is 1. The average molecular weight is 713 g/mol. The minimum Gasteiger partial charge on any atom is -0.423 e. The van der Waals surface area contributed by atoms with Crippen molar-refractivity contribution in [3.63, 3.8) is 0 Å². The number of hydrogen-bond acceptors (Lipinski definition) is 10. The molecular formula is C41H56N6O5. The van der Waals surface area contributed by atoms with Gasteiger partial charge in [-0.3, -0.25) is 10.3 Å². The fourth-order valence-electron chi connectivity index (χ4n) is 9.10. The molecule has 11 heteroatoms. The predicted octanol–water partition coefficient (Wildman–Crippen LogP) is 4.31. The molecule has 2 aliphatic heterocycles. The van der Waals surface area contributed by atoms with Gasteiger partial charge in [0.25, 0.3) is 0 Å². The van der Waals surface area contributed by atoms with E-state index in [0.29, 0.717) is 55.6 Å². The van der Waals surface area contributed by atoms with Gasteiger partial charge in [-0.2, -0.15) is 0 Å². The number of aliphatic hydroxyl groups is 2. The third-order valence-electron chi connectivity index (χ3n) is 12.2. The van der Waals surface area contributed by atoms with Gasteiger partial charge in [-0.05, 0) is 86.9 Å². The molecule has 0 bridgehead atoms. The molecule has 11 nitrogen and oxygen atoms in total. The van der Waals surface area contributed by atoms with Gasteiger partial charge in [-0.1, -0.05) is 56.3 Å². The summed E-state index contributed by atoms with van der Waals surface area (Å²) in [7, 11) is 4.00. The highest BCUT2D eigenvalue weighted by molar-refractivity contribution is 5.97. The number of allylic oxidation sites excluding steroid dienone is 1. The van der Waals surface area contributed by atoms with E-state index in [9.17, 15) is 15.0 Å². The molecule has 2 aromatic rings. The largest absolute Gasteiger partial charge is 0.423 e. The van der Waals surface area contributed by atoms with Crippen molar-refractivity contribution in [2.24, 2.45) is 22.7 Å². The summed E-state index contributed by atoms with van der Waals surface area (Å²) in [6.07, 6.45) is 7.55. The van der Waals surface area contributed by atoms with E-state index in [4.69, 9.17) is 21.5 Å². The molecule has 5 N–H and O–H groups in total. The maximum Gasteiger partial charge on any atom is 0.341 e. The van der Waals surface area contributed by atoms with E-state index in [2.05, 4.69) is 32.3 Å². The van der Waals surface area contributed by atoms with Gasteiger partial charge in [0.2, 0.25) is 0 Å². The zero-order chi connectivity index (χ0) is 37.0. The Morgan fingerprint density at radius 1 is 1.19 bits per heavy atom. The van der Waals surface area contributed by atoms with E-state index in [1.807, 2.05) is 75.6 Å². The molecule has 52 heavy (non-hydrogen) atoms. The molecule has 0 radical (unpaired) electrons. The molecule has 1 saturated heterocycles. The fourth-order valence-corrected chi connectivity index (χ4v) is 9.10. The first-order chi connectivity index (χ1) is 24.9. The van der Waals surface area contributed by atoms with Crippen LogP contribution in [0.15, 0.2) is 78.2 Å². The highest BCUT2D eigenvalue weighted by Gasteiger charge is 2.60. The van der Waals surface area contributed by atoms with Crippen molar-refractivity contribution in [2.45, 2.75) is 57.7 Å². The van der Waals surface area contributed by atoms with Gasteiger partial charge >= 0.3 is 5.97 Å². The number of anilines is 1. The maximum absolute atomic E-state index is 13.7. The SMILES string of the molecule is C=C1C(N2CCOCC2)CC2[C@](C)(CC[C@@H](O)[C@@]2(C)CO)C1CC(Nc1ccccn1)C1=C/C(=C\c2ccc(C(=N)NCCN(C)C)cc2)OC1=O. The highest BCUT2D eigenvalue weighted by Crippen LogP contribution is 2.62. The Morgan fingerprint density at radius 2 is 1.94 bits per heavy atom. The number of esters is 1. The number of carbonyl (C=O) groups is 1. The van der Waals surface area contributed by atoms with Gasteiger partial charge in [0.05, 0.1) is 37.5 Å². The van der Waals surface area contributed by atoms with Crippen LogP contribution in [0.5, 0.6) is 0 Å². The van der Waals surface area contributed by atoms with Crippen LogP contribution in [-0.4, -0.2) is 115 Å². The first-order valence-corrected chi connectivity index (χ1v) is 18.6. The monoisotopic (exact) mass is 712 g/mol. The number of hydrogen-bond donors (Lipinski definition) is 5. The first-order valence-electron chi connectivity index (χ1n) is 18.6. The van der Waals surface area contributed by atoms with E-state index >= 15 is 0 Å². The lowest BCUT2D eigenvalue weighted by molar-refractivity contribution is -0.163. The average Bonchev–Trinajstić information content (AvgIpc) is 3.51. The molecule has 3 fully saturated rings. The molecule has 2 saturated carbocycles. The zero-order valence-corrected chi connectivity index (χ0v) is 31.1. The number of aromatic nitrogens is 1. The van der Waals surface area contributed by atoms with Crippen LogP contribution in [0.25, 0.3) is 6.08 Å². The number of carbonyl (C=O) groups excluding carboxylic acids is 1. The number of nitrogens with zero attached hydrogens (tertiary/aromatic N) is 3. The summed E-state index contributed by atoms with van der Waals surface area (Å²) in [6, 6.07) is 12.9. The summed E-state index contributed by atoms with van der Waals surface area (Å²) in [6.45, 7) is 13.5. The Morgan fingerprint density at radius 3 is 2.62 bits per heavy atom. The molecule has 0 spiro atoms. The number of pyridine rings is 1. The van der Waals surface area contributed by atoms with Crippen LogP contribution >= 0.6 is 0 Å². The summed E-state index contributed by atoms with van der Waals surface area (Å²) in [5.41, 5.74) is 2.34. The van der Waals surface area contributed by atoms with Crippen molar-refractivity contribution in [3.8, 4) is 0 Å². The fraction of sp³-hybridized carbons (Fsp3) is 0.537. The smallest absolute Gasteiger partial charge is 0.341 e. The van der Waals surface area contributed by atoms with Crippen LogP contribution in [0.2, 0.25) is 0 Å². The summed E-state index contributed by atoms with van der Waals surface area (Å²) in [5.74, 6) is 1.06. The van der Waals surface area contributed by atoms with Crippen molar-refractivity contribution in [1.82, 2.24) is 20.1 Å². The lowest BCUT2D eigenvalue weighted by Gasteiger charge is -2.62. The van der Waals surface area contributed by atoms with Crippen molar-refractivity contribution in [1.29, 1.82) is 5.41 Å². The lowest BCUT2D eigenvalue weighted by Crippen LogP contribution is -2.62. The minimum absolute atomic E-state index is 0.0280. The molecule has 2 aliphatic carbocycles. The van der Waals surface area contributed by atoms with Crippen molar-refractivity contribution < 1.29 is 24.5 Å². The molecule has 4 unspecified atom stereocenters. The molecule has 280 valence electrons. The third kappa shape index (κ3) is 7.89. The Balaban J connectivity index is 1.31. The van der Waals surface area contributed by atoms with E-state index in [0.717, 1.165) is 49.2 Å². The Kier molecular flexibility index (Phi) is 11.7. The van der Waals surface area contributed by atoms with Crippen LogP contribution in [0.3, 0.4) is 0 Å². The van der Waals surface area contributed by atoms with Crippen LogP contribution in [0, 0.1) is 28.1 Å². The Labute approximate surface area is 308 Å². The first kappa shape index (κ1) is 37.9. The lowest BCUT2D eigenvalue weighted by atomic mass is 9.45. The standard InChI is InChI=1S/C41H56N6O5/c1-27-32(40(2)14-13-36(49)41(3,26-48)35(40)25-34(27)47-18-20-51-21-19-47)24-33(45-37-8-6-7-15-43-37)31-23-30(52-39(31)50)22-28-9-11-29(12-10-28)38(42)44-16-17-46(4)5/h6-12,15,22-23,32-36,48-49H,1,13-14,16-21,24-26H2,2-5H3,(H2,42,44)(H,43,45)/b30-22+/t32?,33?,34?,35?,36-,40-,41+/m1/s1. The number of benzene rings is 1. The molecule has 1 aromatic carbocycles.